The molecule has 116 valence electrons. The van der Waals surface area contributed by atoms with Crippen LogP contribution >= 0.6 is 11.8 Å². The molecule has 3 heteroatoms. The van der Waals surface area contributed by atoms with Gasteiger partial charge in [0.05, 0.1) is 11.4 Å². The van der Waals surface area contributed by atoms with Gasteiger partial charge in [-0.2, -0.15) is 0 Å². The average Bonchev–Trinajstić information content (AvgIpc) is 2.52. The van der Waals surface area contributed by atoms with Gasteiger partial charge in [-0.1, -0.05) is 31.2 Å². The van der Waals surface area contributed by atoms with Crippen LogP contribution in [0.1, 0.15) is 25.3 Å². The number of rotatable bonds is 4. The number of hydrogen-bond donors (Lipinski definition) is 0. The Hall–Kier alpha value is -1.61. The molecule has 0 saturated carbocycles. The number of unbranched alkanes of at least 4 members (excludes halogenated alkanes) is 1. The van der Waals surface area contributed by atoms with E-state index in [1.807, 2.05) is 11.8 Å². The predicted octanol–water partition coefficient (Wildman–Crippen LogP) is 5.46. The Labute approximate surface area is 138 Å². The number of nitrogens with zero attached hydrogens (tertiary/aromatic N) is 2. The highest BCUT2D eigenvalue weighted by Crippen LogP contribution is 2.48. The van der Waals surface area contributed by atoms with E-state index in [-0.39, 0.29) is 0 Å². The molecule has 0 unspecified atom stereocenters. The first kappa shape index (κ1) is 15.3. The second-order valence-corrected chi connectivity index (χ2v) is 7.14. The molecule has 0 fully saturated rings. The van der Waals surface area contributed by atoms with Crippen molar-refractivity contribution < 1.29 is 0 Å². The summed E-state index contributed by atoms with van der Waals surface area (Å²) in [6.45, 7) is 5.52. The van der Waals surface area contributed by atoms with Crippen LogP contribution in [0.2, 0.25) is 0 Å². The second kappa shape index (κ2) is 6.25. The molecule has 2 nitrogen and oxygen atoms in total. The summed E-state index contributed by atoms with van der Waals surface area (Å²) in [5.41, 5.74) is 5.23. The second-order valence-electron chi connectivity index (χ2n) is 6.06. The highest BCUT2D eigenvalue weighted by Gasteiger charge is 2.21. The summed E-state index contributed by atoms with van der Waals surface area (Å²) in [6, 6.07) is 13.5. The fraction of sp³-hybridized carbons (Fsp3) is 0.368. The van der Waals surface area contributed by atoms with Crippen molar-refractivity contribution in [2.24, 2.45) is 0 Å². The van der Waals surface area contributed by atoms with Crippen molar-refractivity contribution in [3.63, 3.8) is 0 Å². The van der Waals surface area contributed by atoms with Crippen molar-refractivity contribution in [1.29, 1.82) is 0 Å². The van der Waals surface area contributed by atoms with Crippen LogP contribution in [-0.2, 0) is 0 Å². The maximum atomic E-state index is 2.36. The summed E-state index contributed by atoms with van der Waals surface area (Å²) in [5, 5.41) is 0. The van der Waals surface area contributed by atoms with Gasteiger partial charge in [0, 0.05) is 36.1 Å². The third kappa shape index (κ3) is 2.82. The normalized spacial score (nSPS) is 12.8. The van der Waals surface area contributed by atoms with E-state index in [0.29, 0.717) is 0 Å². The van der Waals surface area contributed by atoms with Crippen molar-refractivity contribution >= 4 is 28.8 Å². The number of hydrogen-bond acceptors (Lipinski definition) is 3. The minimum Gasteiger partial charge on any atom is -0.375 e. The molecule has 1 heterocycles. The van der Waals surface area contributed by atoms with Gasteiger partial charge in [0.2, 0.25) is 0 Å². The van der Waals surface area contributed by atoms with Crippen molar-refractivity contribution in [3.05, 3.63) is 42.0 Å². The van der Waals surface area contributed by atoms with Crippen LogP contribution < -0.4 is 9.80 Å². The Morgan fingerprint density at radius 1 is 1.05 bits per heavy atom. The number of aryl methyl sites for hydroxylation is 1. The van der Waals surface area contributed by atoms with Gasteiger partial charge in [0.25, 0.3) is 0 Å². The molecule has 0 saturated heterocycles. The minimum atomic E-state index is 1.12. The van der Waals surface area contributed by atoms with Crippen molar-refractivity contribution in [3.8, 4) is 0 Å². The van der Waals surface area contributed by atoms with E-state index < -0.39 is 0 Å². The molecule has 0 aromatic heterocycles. The maximum absolute atomic E-state index is 2.36. The van der Waals surface area contributed by atoms with Gasteiger partial charge in [0.1, 0.15) is 0 Å². The Bertz CT molecular complexity index is 681. The van der Waals surface area contributed by atoms with Crippen LogP contribution in [0.4, 0.5) is 17.1 Å². The summed E-state index contributed by atoms with van der Waals surface area (Å²) in [6.07, 6.45) is 2.47. The van der Waals surface area contributed by atoms with E-state index in [4.69, 9.17) is 0 Å². The standard InChI is InChI=1S/C19H24N2S/c1-5-6-11-20(3)15-8-10-17-19(13-15)22-18-12-14(2)7-9-16(18)21(17)4/h7-10,12-13H,5-6,11H2,1-4H3. The number of fused-ring (bicyclic) bond motifs is 2. The molecule has 2 aromatic carbocycles. The van der Waals surface area contributed by atoms with Crippen molar-refractivity contribution in [2.45, 2.75) is 36.5 Å². The van der Waals surface area contributed by atoms with Crippen LogP contribution in [0.25, 0.3) is 0 Å². The van der Waals surface area contributed by atoms with Crippen molar-refractivity contribution in [2.75, 3.05) is 30.4 Å². The molecule has 0 radical (unpaired) electrons. The molecule has 1 aliphatic heterocycles. The fourth-order valence-corrected chi connectivity index (χ4v) is 4.13. The monoisotopic (exact) mass is 312 g/mol. The summed E-state index contributed by atoms with van der Waals surface area (Å²) >= 11 is 1.89. The molecular formula is C19H24N2S. The van der Waals surface area contributed by atoms with E-state index in [1.54, 1.807) is 0 Å². The van der Waals surface area contributed by atoms with Gasteiger partial charge in [-0.05, 0) is 49.2 Å². The topological polar surface area (TPSA) is 6.48 Å². The SMILES string of the molecule is CCCCN(C)c1ccc2c(c1)Sc1cc(C)ccc1N2C. The van der Waals surface area contributed by atoms with E-state index in [1.165, 1.54) is 45.3 Å². The predicted molar refractivity (Wildman–Crippen MR) is 98.0 cm³/mol. The van der Waals surface area contributed by atoms with Gasteiger partial charge in [-0.15, -0.1) is 0 Å². The van der Waals surface area contributed by atoms with Crippen LogP contribution in [0.15, 0.2) is 46.2 Å². The van der Waals surface area contributed by atoms with Crippen LogP contribution in [0.3, 0.4) is 0 Å². The largest absolute Gasteiger partial charge is 0.375 e. The molecule has 2 aromatic rings. The first-order valence-electron chi connectivity index (χ1n) is 7.97. The third-order valence-electron chi connectivity index (χ3n) is 4.29. The Morgan fingerprint density at radius 3 is 2.45 bits per heavy atom. The van der Waals surface area contributed by atoms with E-state index in [9.17, 15) is 0 Å². The highest BCUT2D eigenvalue weighted by atomic mass is 32.2. The lowest BCUT2D eigenvalue weighted by Gasteiger charge is -2.31. The van der Waals surface area contributed by atoms with E-state index in [0.717, 1.165) is 6.54 Å². The summed E-state index contributed by atoms with van der Waals surface area (Å²) in [7, 11) is 4.35. The van der Waals surface area contributed by atoms with E-state index >= 15 is 0 Å². The summed E-state index contributed by atoms with van der Waals surface area (Å²) in [4.78, 5) is 7.36. The maximum Gasteiger partial charge on any atom is 0.0551 e. The zero-order valence-electron chi connectivity index (χ0n) is 13.9. The highest BCUT2D eigenvalue weighted by molar-refractivity contribution is 7.99. The number of benzene rings is 2. The summed E-state index contributed by atoms with van der Waals surface area (Å²) < 4.78 is 0. The molecule has 0 bridgehead atoms. The molecule has 0 atom stereocenters. The lowest BCUT2D eigenvalue weighted by Crippen LogP contribution is -2.19. The molecule has 0 N–H and O–H groups in total. The van der Waals surface area contributed by atoms with Gasteiger partial charge in [-0.3, -0.25) is 0 Å². The molecule has 1 aliphatic rings. The minimum absolute atomic E-state index is 1.12. The zero-order chi connectivity index (χ0) is 15.7. The van der Waals surface area contributed by atoms with Gasteiger partial charge >= 0.3 is 0 Å². The van der Waals surface area contributed by atoms with Gasteiger partial charge < -0.3 is 9.80 Å². The fourth-order valence-electron chi connectivity index (χ4n) is 2.85. The number of anilines is 3. The Morgan fingerprint density at radius 2 is 1.73 bits per heavy atom. The average molecular weight is 312 g/mol. The molecule has 3 rings (SSSR count). The molecule has 22 heavy (non-hydrogen) atoms. The van der Waals surface area contributed by atoms with Crippen LogP contribution in [0.5, 0.6) is 0 Å². The van der Waals surface area contributed by atoms with Crippen LogP contribution in [-0.4, -0.2) is 20.6 Å². The van der Waals surface area contributed by atoms with E-state index in [2.05, 4.69) is 74.1 Å². The Balaban J connectivity index is 1.93. The molecular weight excluding hydrogens is 288 g/mol. The lowest BCUT2D eigenvalue weighted by molar-refractivity contribution is 0.766. The van der Waals surface area contributed by atoms with Gasteiger partial charge in [0.15, 0.2) is 0 Å². The van der Waals surface area contributed by atoms with Crippen molar-refractivity contribution in [1.82, 2.24) is 0 Å². The molecule has 0 amide bonds. The zero-order valence-corrected chi connectivity index (χ0v) is 14.7. The first-order chi connectivity index (χ1) is 10.6. The lowest BCUT2D eigenvalue weighted by atomic mass is 10.2. The third-order valence-corrected chi connectivity index (χ3v) is 5.38. The summed E-state index contributed by atoms with van der Waals surface area (Å²) in [5.74, 6) is 0. The first-order valence-corrected chi connectivity index (χ1v) is 8.79. The Kier molecular flexibility index (Phi) is 4.34. The molecule has 0 aliphatic carbocycles. The quantitative estimate of drug-likeness (QED) is 0.740. The smallest absolute Gasteiger partial charge is 0.0551 e. The van der Waals surface area contributed by atoms with Gasteiger partial charge in [-0.25, -0.2) is 0 Å². The van der Waals surface area contributed by atoms with Crippen LogP contribution in [0, 0.1) is 6.92 Å². The molecule has 0 spiro atoms.